The maximum atomic E-state index is 11.4. The van der Waals surface area contributed by atoms with E-state index in [2.05, 4.69) is 5.32 Å². The highest BCUT2D eigenvalue weighted by Gasteiger charge is 2.31. The summed E-state index contributed by atoms with van der Waals surface area (Å²) in [4.78, 5) is 22.4. The van der Waals surface area contributed by atoms with Gasteiger partial charge in [-0.15, -0.1) is 0 Å². The maximum absolute atomic E-state index is 11.4. The average molecular weight is 205 g/mol. The minimum Gasteiger partial charge on any atom is -0.497 e. The summed E-state index contributed by atoms with van der Waals surface area (Å²) in [7, 11) is 1.58. The van der Waals surface area contributed by atoms with Gasteiger partial charge in [0.05, 0.1) is 13.0 Å². The molecule has 1 aromatic rings. The van der Waals surface area contributed by atoms with E-state index in [0.717, 1.165) is 11.3 Å². The zero-order chi connectivity index (χ0) is 10.8. The maximum Gasteiger partial charge on any atom is 0.234 e. The van der Waals surface area contributed by atoms with E-state index >= 15 is 0 Å². The van der Waals surface area contributed by atoms with Crippen LogP contribution >= 0.6 is 0 Å². The minimum absolute atomic E-state index is 0.208. The molecule has 1 heterocycles. The lowest BCUT2D eigenvalue weighted by atomic mass is 9.98. The Kier molecular flexibility index (Phi) is 2.41. The van der Waals surface area contributed by atoms with Gasteiger partial charge in [-0.05, 0) is 17.7 Å². The third-order valence-electron chi connectivity index (χ3n) is 2.49. The van der Waals surface area contributed by atoms with Gasteiger partial charge in [-0.1, -0.05) is 12.1 Å². The summed E-state index contributed by atoms with van der Waals surface area (Å²) in [5, 5.41) is 2.28. The molecule has 15 heavy (non-hydrogen) atoms. The van der Waals surface area contributed by atoms with Crippen molar-refractivity contribution in [1.82, 2.24) is 5.32 Å². The Bertz CT molecular complexity index is 397. The van der Waals surface area contributed by atoms with Crippen LogP contribution in [0.4, 0.5) is 0 Å². The van der Waals surface area contributed by atoms with E-state index in [1.807, 2.05) is 12.1 Å². The smallest absolute Gasteiger partial charge is 0.234 e. The summed E-state index contributed by atoms with van der Waals surface area (Å²) in [6, 6.07) is 7.18. The summed E-state index contributed by atoms with van der Waals surface area (Å²) < 4.78 is 5.01. The van der Waals surface area contributed by atoms with Crippen LogP contribution in [0.3, 0.4) is 0 Å². The molecule has 0 spiro atoms. The van der Waals surface area contributed by atoms with Gasteiger partial charge in [0.2, 0.25) is 11.8 Å². The first-order valence-corrected chi connectivity index (χ1v) is 4.68. The van der Waals surface area contributed by atoms with Crippen molar-refractivity contribution in [3.05, 3.63) is 29.8 Å². The van der Waals surface area contributed by atoms with Gasteiger partial charge >= 0.3 is 0 Å². The number of rotatable bonds is 2. The van der Waals surface area contributed by atoms with Gasteiger partial charge in [0.1, 0.15) is 5.75 Å². The standard InChI is InChI=1S/C11H11NO3/c1-15-8-4-2-7(3-5-8)9-6-10(13)12-11(9)14/h2-5,9H,6H2,1H3,(H,12,13,14)/t9-/m1/s1. The normalized spacial score (nSPS) is 20.2. The summed E-state index contributed by atoms with van der Waals surface area (Å²) in [6.45, 7) is 0. The van der Waals surface area contributed by atoms with Crippen molar-refractivity contribution in [3.8, 4) is 5.75 Å². The SMILES string of the molecule is COc1ccc([C@H]2CC(=O)NC2=O)cc1. The lowest BCUT2D eigenvalue weighted by molar-refractivity contribution is -0.125. The predicted molar refractivity (Wildman–Crippen MR) is 53.5 cm³/mol. The van der Waals surface area contributed by atoms with Crippen LogP contribution in [-0.4, -0.2) is 18.9 Å². The summed E-state index contributed by atoms with van der Waals surface area (Å²) in [5.41, 5.74) is 0.846. The van der Waals surface area contributed by atoms with Gasteiger partial charge in [0, 0.05) is 6.42 Å². The predicted octanol–water partition coefficient (Wildman–Crippen LogP) is 0.825. The molecule has 0 saturated carbocycles. The molecular formula is C11H11NO3. The lowest BCUT2D eigenvalue weighted by Gasteiger charge is -2.06. The fourth-order valence-corrected chi connectivity index (χ4v) is 1.66. The molecule has 1 aromatic carbocycles. The number of carbonyl (C=O) groups excluding carboxylic acids is 2. The van der Waals surface area contributed by atoms with Crippen molar-refractivity contribution >= 4 is 11.8 Å². The topological polar surface area (TPSA) is 55.4 Å². The second kappa shape index (κ2) is 3.73. The van der Waals surface area contributed by atoms with Crippen LogP contribution in [0.5, 0.6) is 5.75 Å². The molecule has 2 amide bonds. The van der Waals surface area contributed by atoms with Crippen molar-refractivity contribution in [1.29, 1.82) is 0 Å². The van der Waals surface area contributed by atoms with Crippen molar-refractivity contribution in [2.75, 3.05) is 7.11 Å². The fraction of sp³-hybridized carbons (Fsp3) is 0.273. The van der Waals surface area contributed by atoms with Crippen LogP contribution in [0.1, 0.15) is 17.9 Å². The fourth-order valence-electron chi connectivity index (χ4n) is 1.66. The molecule has 0 aliphatic carbocycles. The van der Waals surface area contributed by atoms with Crippen LogP contribution in [0, 0.1) is 0 Å². The average Bonchev–Trinajstić information content (AvgIpc) is 2.58. The summed E-state index contributed by atoms with van der Waals surface area (Å²) in [6.07, 6.45) is 0.241. The summed E-state index contributed by atoms with van der Waals surface area (Å²) >= 11 is 0. The molecule has 1 atom stereocenters. The van der Waals surface area contributed by atoms with E-state index in [9.17, 15) is 9.59 Å². The van der Waals surface area contributed by atoms with E-state index in [0.29, 0.717) is 0 Å². The van der Waals surface area contributed by atoms with Gasteiger partial charge in [-0.2, -0.15) is 0 Å². The van der Waals surface area contributed by atoms with E-state index in [4.69, 9.17) is 4.74 Å². The van der Waals surface area contributed by atoms with E-state index in [1.165, 1.54) is 0 Å². The molecular weight excluding hydrogens is 194 g/mol. The molecule has 4 heteroatoms. The Balaban J connectivity index is 2.22. The Morgan fingerprint density at radius 2 is 1.93 bits per heavy atom. The number of imide groups is 1. The zero-order valence-corrected chi connectivity index (χ0v) is 8.32. The number of ether oxygens (including phenoxy) is 1. The number of amides is 2. The van der Waals surface area contributed by atoms with Crippen molar-refractivity contribution in [2.45, 2.75) is 12.3 Å². The van der Waals surface area contributed by atoms with Crippen molar-refractivity contribution in [2.24, 2.45) is 0 Å². The van der Waals surface area contributed by atoms with Gasteiger partial charge in [0.15, 0.2) is 0 Å². The lowest BCUT2D eigenvalue weighted by Crippen LogP contribution is -2.21. The van der Waals surface area contributed by atoms with Gasteiger partial charge in [-0.3, -0.25) is 14.9 Å². The number of carbonyl (C=O) groups is 2. The first-order valence-electron chi connectivity index (χ1n) is 4.68. The molecule has 78 valence electrons. The first kappa shape index (κ1) is 9.71. The number of hydrogen-bond donors (Lipinski definition) is 1. The second-order valence-electron chi connectivity index (χ2n) is 3.44. The van der Waals surface area contributed by atoms with Crippen LogP contribution in [0.2, 0.25) is 0 Å². The minimum atomic E-state index is -0.344. The molecule has 0 bridgehead atoms. The highest BCUT2D eigenvalue weighted by molar-refractivity contribution is 6.06. The molecule has 0 radical (unpaired) electrons. The monoisotopic (exact) mass is 205 g/mol. The molecule has 2 rings (SSSR count). The van der Waals surface area contributed by atoms with E-state index in [1.54, 1.807) is 19.2 Å². The molecule has 1 aliphatic rings. The van der Waals surface area contributed by atoms with Crippen LogP contribution in [0.15, 0.2) is 24.3 Å². The molecule has 0 unspecified atom stereocenters. The molecule has 1 N–H and O–H groups in total. The van der Waals surface area contributed by atoms with Crippen LogP contribution in [0.25, 0.3) is 0 Å². The third-order valence-corrected chi connectivity index (χ3v) is 2.49. The van der Waals surface area contributed by atoms with Gasteiger partial charge < -0.3 is 4.74 Å². The Labute approximate surface area is 87.2 Å². The van der Waals surface area contributed by atoms with Crippen molar-refractivity contribution < 1.29 is 14.3 Å². The van der Waals surface area contributed by atoms with Crippen molar-refractivity contribution in [3.63, 3.8) is 0 Å². The van der Waals surface area contributed by atoms with Gasteiger partial charge in [0.25, 0.3) is 0 Å². The highest BCUT2D eigenvalue weighted by atomic mass is 16.5. The zero-order valence-electron chi connectivity index (χ0n) is 8.32. The highest BCUT2D eigenvalue weighted by Crippen LogP contribution is 2.25. The largest absolute Gasteiger partial charge is 0.497 e. The Morgan fingerprint density at radius 1 is 1.27 bits per heavy atom. The number of methoxy groups -OCH3 is 1. The molecule has 1 aliphatic heterocycles. The second-order valence-corrected chi connectivity index (χ2v) is 3.44. The van der Waals surface area contributed by atoms with Crippen LogP contribution in [-0.2, 0) is 9.59 Å². The van der Waals surface area contributed by atoms with Crippen LogP contribution < -0.4 is 10.1 Å². The van der Waals surface area contributed by atoms with E-state index in [-0.39, 0.29) is 24.2 Å². The quantitative estimate of drug-likeness (QED) is 0.727. The Hall–Kier alpha value is -1.84. The van der Waals surface area contributed by atoms with Gasteiger partial charge in [-0.25, -0.2) is 0 Å². The molecule has 1 fully saturated rings. The number of benzene rings is 1. The molecule has 4 nitrogen and oxygen atoms in total. The Morgan fingerprint density at radius 3 is 2.40 bits per heavy atom. The van der Waals surface area contributed by atoms with E-state index < -0.39 is 0 Å². The summed E-state index contributed by atoms with van der Waals surface area (Å²) in [5.74, 6) is -0.0297. The third kappa shape index (κ3) is 1.83. The number of hydrogen-bond acceptors (Lipinski definition) is 3. The number of nitrogens with one attached hydrogen (secondary N) is 1. The molecule has 1 saturated heterocycles. The first-order chi connectivity index (χ1) is 7.20. The molecule has 0 aromatic heterocycles.